The van der Waals surface area contributed by atoms with E-state index in [2.05, 4.69) is 0 Å². The van der Waals surface area contributed by atoms with Gasteiger partial charge in [0.05, 0.1) is 5.56 Å². The lowest BCUT2D eigenvalue weighted by molar-refractivity contribution is 0.0696. The maximum atomic E-state index is 13.3. The summed E-state index contributed by atoms with van der Waals surface area (Å²) in [5, 5.41) is 8.88. The molecule has 0 radical (unpaired) electrons. The molecule has 0 aromatic heterocycles. The zero-order valence-corrected chi connectivity index (χ0v) is 11.2. The zero-order valence-electron chi connectivity index (χ0n) is 10.4. The molecule has 0 aliphatic heterocycles. The third-order valence-electron chi connectivity index (χ3n) is 2.63. The lowest BCUT2D eigenvalue weighted by atomic mass is 10.1. The molecule has 2 aromatic carbocycles. The van der Waals surface area contributed by atoms with E-state index in [0.717, 1.165) is 11.0 Å². The van der Waals surface area contributed by atoms with E-state index in [9.17, 15) is 9.18 Å². The smallest absolute Gasteiger partial charge is 0.335 e. The Morgan fingerprint density at radius 2 is 1.89 bits per heavy atom. The predicted octanol–water partition coefficient (Wildman–Crippen LogP) is 4.12. The van der Waals surface area contributed by atoms with Crippen molar-refractivity contribution >= 4 is 17.7 Å². The fourth-order valence-electron chi connectivity index (χ4n) is 1.66. The minimum atomic E-state index is -1.11. The molecule has 0 saturated heterocycles. The Morgan fingerprint density at radius 3 is 2.53 bits per heavy atom. The van der Waals surface area contributed by atoms with Gasteiger partial charge in [0.2, 0.25) is 0 Å². The molecule has 1 N–H and O–H groups in total. The van der Waals surface area contributed by atoms with Crippen LogP contribution in [0.2, 0.25) is 0 Å². The molecule has 0 aliphatic carbocycles. The molecule has 2 nitrogen and oxygen atoms in total. The first-order valence-corrected chi connectivity index (χ1v) is 6.75. The number of thioether (sulfide) groups is 1. The Labute approximate surface area is 115 Å². The lowest BCUT2D eigenvalue weighted by Gasteiger charge is -2.04. The number of aromatic carboxylic acids is 1. The van der Waals surface area contributed by atoms with Gasteiger partial charge in [-0.3, -0.25) is 0 Å². The van der Waals surface area contributed by atoms with Gasteiger partial charge in [-0.15, -0.1) is 11.8 Å². The highest BCUT2D eigenvalue weighted by Gasteiger charge is 2.07. The van der Waals surface area contributed by atoms with Crippen LogP contribution in [-0.4, -0.2) is 11.1 Å². The molecule has 4 heteroatoms. The number of rotatable bonds is 4. The molecule has 19 heavy (non-hydrogen) atoms. The van der Waals surface area contributed by atoms with E-state index in [-0.39, 0.29) is 5.56 Å². The van der Waals surface area contributed by atoms with Gasteiger partial charge in [0.1, 0.15) is 5.82 Å². The molecule has 0 unspecified atom stereocenters. The van der Waals surface area contributed by atoms with Crippen LogP contribution in [-0.2, 0) is 5.75 Å². The molecule has 0 heterocycles. The molecule has 0 fully saturated rings. The fraction of sp³-hybridized carbons (Fsp3) is 0.133. The summed E-state index contributed by atoms with van der Waals surface area (Å²) in [6.45, 7) is 2.01. The molecule has 0 aliphatic rings. The van der Waals surface area contributed by atoms with Crippen LogP contribution in [0.25, 0.3) is 0 Å². The number of carboxylic acids is 1. The molecule has 0 saturated carbocycles. The minimum absolute atomic E-state index is 0.0143. The van der Waals surface area contributed by atoms with Crippen molar-refractivity contribution in [2.24, 2.45) is 0 Å². The molecule has 0 spiro atoms. The van der Waals surface area contributed by atoms with Crippen LogP contribution >= 0.6 is 11.8 Å². The van der Waals surface area contributed by atoms with E-state index in [1.165, 1.54) is 17.7 Å². The van der Waals surface area contributed by atoms with Crippen molar-refractivity contribution in [1.82, 2.24) is 0 Å². The summed E-state index contributed by atoms with van der Waals surface area (Å²) in [7, 11) is 0. The normalized spacial score (nSPS) is 10.4. The summed E-state index contributed by atoms with van der Waals surface area (Å²) in [4.78, 5) is 11.9. The summed E-state index contributed by atoms with van der Waals surface area (Å²) in [5.74, 6) is -1.08. The van der Waals surface area contributed by atoms with Crippen LogP contribution in [0.3, 0.4) is 0 Å². The first-order valence-electron chi connectivity index (χ1n) is 5.77. The maximum absolute atomic E-state index is 13.3. The van der Waals surface area contributed by atoms with Crippen LogP contribution in [0.4, 0.5) is 4.39 Å². The second-order valence-corrected chi connectivity index (χ2v) is 5.30. The van der Waals surface area contributed by atoms with Gasteiger partial charge in [-0.2, -0.15) is 0 Å². The number of benzene rings is 2. The van der Waals surface area contributed by atoms with Crippen LogP contribution < -0.4 is 0 Å². The molecule has 2 aromatic rings. The second-order valence-electron chi connectivity index (χ2n) is 4.26. The molecular formula is C15H13FO2S. The van der Waals surface area contributed by atoms with Crippen LogP contribution in [0.5, 0.6) is 0 Å². The van der Waals surface area contributed by atoms with E-state index >= 15 is 0 Å². The highest BCUT2D eigenvalue weighted by Crippen LogP contribution is 2.24. The van der Waals surface area contributed by atoms with E-state index in [0.29, 0.717) is 11.3 Å². The standard InChI is InChI=1S/C15H13FO2S/c1-10-2-4-14(5-3-10)19-9-11-6-12(15(17)18)8-13(16)7-11/h2-8H,9H2,1H3,(H,17,18). The van der Waals surface area contributed by atoms with Crippen molar-refractivity contribution in [3.63, 3.8) is 0 Å². The van der Waals surface area contributed by atoms with Gasteiger partial charge in [-0.1, -0.05) is 17.7 Å². The zero-order chi connectivity index (χ0) is 13.8. The van der Waals surface area contributed by atoms with E-state index < -0.39 is 11.8 Å². The average Bonchev–Trinajstić information content (AvgIpc) is 2.37. The molecule has 98 valence electrons. The Hall–Kier alpha value is -1.81. The van der Waals surface area contributed by atoms with Crippen molar-refractivity contribution < 1.29 is 14.3 Å². The summed E-state index contributed by atoms with van der Waals surface area (Å²) in [6, 6.07) is 11.9. The van der Waals surface area contributed by atoms with Gasteiger partial charge in [-0.25, -0.2) is 9.18 Å². The number of hydrogen-bond donors (Lipinski definition) is 1. The van der Waals surface area contributed by atoms with E-state index in [4.69, 9.17) is 5.11 Å². The number of halogens is 1. The summed E-state index contributed by atoms with van der Waals surface area (Å²) >= 11 is 1.55. The van der Waals surface area contributed by atoms with Gasteiger partial charge in [0, 0.05) is 10.6 Å². The number of hydrogen-bond acceptors (Lipinski definition) is 2. The molecule has 0 amide bonds. The highest BCUT2D eigenvalue weighted by atomic mass is 32.2. The Morgan fingerprint density at radius 1 is 1.21 bits per heavy atom. The monoisotopic (exact) mass is 276 g/mol. The second kappa shape index (κ2) is 5.89. The SMILES string of the molecule is Cc1ccc(SCc2cc(F)cc(C(=O)O)c2)cc1. The minimum Gasteiger partial charge on any atom is -0.478 e. The van der Waals surface area contributed by atoms with E-state index in [1.807, 2.05) is 31.2 Å². The van der Waals surface area contributed by atoms with Gasteiger partial charge in [0.15, 0.2) is 0 Å². The molecule has 2 rings (SSSR count). The van der Waals surface area contributed by atoms with Crippen molar-refractivity contribution in [3.05, 3.63) is 65.0 Å². The largest absolute Gasteiger partial charge is 0.478 e. The topological polar surface area (TPSA) is 37.3 Å². The average molecular weight is 276 g/mol. The number of carboxylic acid groups (broad SMARTS) is 1. The van der Waals surface area contributed by atoms with Gasteiger partial charge in [0.25, 0.3) is 0 Å². The van der Waals surface area contributed by atoms with Gasteiger partial charge < -0.3 is 5.11 Å². The highest BCUT2D eigenvalue weighted by molar-refractivity contribution is 7.98. The van der Waals surface area contributed by atoms with Crippen molar-refractivity contribution in [3.8, 4) is 0 Å². The third-order valence-corrected chi connectivity index (χ3v) is 3.71. The van der Waals surface area contributed by atoms with Crippen LogP contribution in [0.15, 0.2) is 47.4 Å². The maximum Gasteiger partial charge on any atom is 0.335 e. The lowest BCUT2D eigenvalue weighted by Crippen LogP contribution is -1.98. The Balaban J connectivity index is 2.11. The summed E-state index contributed by atoms with van der Waals surface area (Å²) < 4.78 is 13.3. The van der Waals surface area contributed by atoms with Crippen molar-refractivity contribution in [2.75, 3.05) is 0 Å². The van der Waals surface area contributed by atoms with Crippen molar-refractivity contribution in [1.29, 1.82) is 0 Å². The molecule has 0 bridgehead atoms. The fourth-order valence-corrected chi connectivity index (χ4v) is 2.49. The first kappa shape index (κ1) is 13.6. The molecule has 0 atom stereocenters. The van der Waals surface area contributed by atoms with Crippen molar-refractivity contribution in [2.45, 2.75) is 17.6 Å². The third kappa shape index (κ3) is 3.83. The van der Waals surface area contributed by atoms with Gasteiger partial charge >= 0.3 is 5.97 Å². The van der Waals surface area contributed by atoms with Crippen LogP contribution in [0.1, 0.15) is 21.5 Å². The Kier molecular flexibility index (Phi) is 4.22. The summed E-state index contributed by atoms with van der Waals surface area (Å²) in [6.07, 6.45) is 0. The van der Waals surface area contributed by atoms with Gasteiger partial charge in [-0.05, 0) is 42.8 Å². The molecular weight excluding hydrogens is 263 g/mol. The quantitative estimate of drug-likeness (QED) is 0.853. The number of aryl methyl sites for hydroxylation is 1. The number of carbonyl (C=O) groups is 1. The first-order chi connectivity index (χ1) is 9.04. The Bertz CT molecular complexity index is 594. The summed E-state index contributed by atoms with van der Waals surface area (Å²) in [5.41, 5.74) is 1.84. The predicted molar refractivity (Wildman–Crippen MR) is 74.1 cm³/mol. The van der Waals surface area contributed by atoms with E-state index in [1.54, 1.807) is 11.8 Å². The van der Waals surface area contributed by atoms with Crippen LogP contribution in [0, 0.1) is 12.7 Å².